The predicted octanol–water partition coefficient (Wildman–Crippen LogP) is 8.32. The third kappa shape index (κ3) is 20.8. The lowest BCUT2D eigenvalue weighted by Gasteiger charge is -2.39. The van der Waals surface area contributed by atoms with Gasteiger partial charge in [-0.05, 0) is 12.8 Å². The molecule has 1 heterocycles. The SMILES string of the molecule is CCCCCCCCCC(=O)OCC1(COC(=O)CCCCCCCCC)COC(c2c(OC)cc(OCCOP(=O)(O)OCC[N+](C)(C)C)cc2OC)OC1. The smallest absolute Gasteiger partial charge is 0.472 e. The summed E-state index contributed by atoms with van der Waals surface area (Å²) in [6.45, 7) is 4.84. The number of unbranched alkanes of at least 4 members (excludes halogenated alkanes) is 12. The van der Waals surface area contributed by atoms with Gasteiger partial charge in [0.05, 0.1) is 66.2 Å². The van der Waals surface area contributed by atoms with Gasteiger partial charge in [-0.1, -0.05) is 90.9 Å². The van der Waals surface area contributed by atoms with Crippen LogP contribution in [0.1, 0.15) is 128 Å². The molecule has 1 saturated heterocycles. The van der Waals surface area contributed by atoms with Gasteiger partial charge in [0.2, 0.25) is 0 Å². The van der Waals surface area contributed by atoms with E-state index in [4.69, 9.17) is 42.2 Å². The molecule has 1 aromatic rings. The van der Waals surface area contributed by atoms with Crippen LogP contribution in [0.25, 0.3) is 0 Å². The van der Waals surface area contributed by atoms with E-state index in [2.05, 4.69) is 13.8 Å². The molecule has 0 amide bonds. The van der Waals surface area contributed by atoms with E-state index >= 15 is 0 Å². The van der Waals surface area contributed by atoms with Gasteiger partial charge < -0.3 is 42.5 Å². The van der Waals surface area contributed by atoms with E-state index in [9.17, 15) is 19.0 Å². The van der Waals surface area contributed by atoms with Gasteiger partial charge in [0.15, 0.2) is 6.29 Å². The quantitative estimate of drug-likeness (QED) is 0.0321. The van der Waals surface area contributed by atoms with E-state index in [0.717, 1.165) is 38.5 Å². The molecule has 2 rings (SSSR count). The number of esters is 2. The molecule has 1 aromatic carbocycles. The Balaban J connectivity index is 2.03. The molecular weight excluding hydrogens is 745 g/mol. The molecule has 0 spiro atoms. The lowest BCUT2D eigenvalue weighted by molar-refractivity contribution is -0.870. The van der Waals surface area contributed by atoms with Crippen molar-refractivity contribution in [2.24, 2.45) is 5.41 Å². The summed E-state index contributed by atoms with van der Waals surface area (Å²) >= 11 is 0. The summed E-state index contributed by atoms with van der Waals surface area (Å²) in [4.78, 5) is 35.5. The van der Waals surface area contributed by atoms with Crippen molar-refractivity contribution in [3.8, 4) is 17.2 Å². The van der Waals surface area contributed by atoms with Gasteiger partial charge in [0, 0.05) is 25.0 Å². The number of phosphoric acid groups is 1. The van der Waals surface area contributed by atoms with Crippen molar-refractivity contribution in [1.82, 2.24) is 0 Å². The molecule has 0 radical (unpaired) electrons. The molecule has 0 aromatic heterocycles. The van der Waals surface area contributed by atoms with E-state index in [0.29, 0.717) is 46.7 Å². The Kier molecular flexibility index (Phi) is 24.2. The molecule has 56 heavy (non-hydrogen) atoms. The van der Waals surface area contributed by atoms with Crippen molar-refractivity contribution < 1.29 is 65.7 Å². The Bertz CT molecular complexity index is 1240. The zero-order chi connectivity index (χ0) is 41.3. The zero-order valence-electron chi connectivity index (χ0n) is 35.4. The van der Waals surface area contributed by atoms with Crippen LogP contribution in [0.3, 0.4) is 0 Å². The second kappa shape index (κ2) is 27.3. The fourth-order valence-electron chi connectivity index (χ4n) is 6.04. The van der Waals surface area contributed by atoms with Gasteiger partial charge >= 0.3 is 19.8 Å². The maximum Gasteiger partial charge on any atom is 0.472 e. The first kappa shape index (κ1) is 49.7. The van der Waals surface area contributed by atoms with Crippen molar-refractivity contribution >= 4 is 19.8 Å². The van der Waals surface area contributed by atoms with Gasteiger partial charge in [0.25, 0.3) is 0 Å². The van der Waals surface area contributed by atoms with Crippen LogP contribution in [-0.2, 0) is 42.1 Å². The molecule has 0 bridgehead atoms. The minimum Gasteiger partial charge on any atom is -0.496 e. The Labute approximate surface area is 336 Å². The monoisotopic (exact) mass is 818 g/mol. The number of quaternary nitrogens is 1. The number of carbonyl (C=O) groups is 2. The van der Waals surface area contributed by atoms with Crippen LogP contribution in [0.4, 0.5) is 0 Å². The van der Waals surface area contributed by atoms with Crippen LogP contribution in [-0.4, -0.2) is 109 Å². The molecule has 0 aliphatic carbocycles. The van der Waals surface area contributed by atoms with Crippen LogP contribution < -0.4 is 14.2 Å². The van der Waals surface area contributed by atoms with E-state index in [-0.39, 0.29) is 58.2 Å². The summed E-state index contributed by atoms with van der Waals surface area (Å²) in [5.74, 6) is 0.476. The summed E-state index contributed by atoms with van der Waals surface area (Å²) in [6.07, 6.45) is 15.1. The third-order valence-corrected chi connectivity index (χ3v) is 10.5. The largest absolute Gasteiger partial charge is 0.496 e. The highest BCUT2D eigenvalue weighted by Gasteiger charge is 2.42. The van der Waals surface area contributed by atoms with Crippen LogP contribution in [0.2, 0.25) is 0 Å². The number of likely N-dealkylation sites (N-methyl/N-ethyl adjacent to an activating group) is 1. The van der Waals surface area contributed by atoms with Crippen molar-refractivity contribution in [3.05, 3.63) is 17.7 Å². The van der Waals surface area contributed by atoms with Crippen molar-refractivity contribution in [2.45, 2.75) is 123 Å². The van der Waals surface area contributed by atoms with Crippen LogP contribution in [0.15, 0.2) is 12.1 Å². The highest BCUT2D eigenvalue weighted by molar-refractivity contribution is 7.47. The van der Waals surface area contributed by atoms with Gasteiger partial charge in [-0.25, -0.2) is 4.57 Å². The third-order valence-electron chi connectivity index (χ3n) is 9.51. The maximum absolute atomic E-state index is 12.8. The van der Waals surface area contributed by atoms with Crippen molar-refractivity contribution in [1.29, 1.82) is 0 Å². The van der Waals surface area contributed by atoms with Crippen molar-refractivity contribution in [3.63, 3.8) is 0 Å². The second-order valence-electron chi connectivity index (χ2n) is 15.8. The first-order valence-corrected chi connectivity index (χ1v) is 22.1. The van der Waals surface area contributed by atoms with E-state index in [1.54, 1.807) is 12.1 Å². The minimum absolute atomic E-state index is 0.0233. The summed E-state index contributed by atoms with van der Waals surface area (Å²) in [7, 11) is 4.58. The number of ether oxygens (including phenoxy) is 7. The lowest BCUT2D eigenvalue weighted by Crippen LogP contribution is -2.46. The zero-order valence-corrected chi connectivity index (χ0v) is 36.3. The number of rotatable bonds is 32. The summed E-state index contributed by atoms with van der Waals surface area (Å²) in [6, 6.07) is 3.25. The molecule has 324 valence electrons. The first-order valence-electron chi connectivity index (χ1n) is 20.6. The normalized spacial score (nSPS) is 15.6. The highest BCUT2D eigenvalue weighted by atomic mass is 31.2. The molecule has 1 aliphatic heterocycles. The average Bonchev–Trinajstić information content (AvgIpc) is 3.16. The topological polar surface area (TPSA) is 155 Å². The first-order chi connectivity index (χ1) is 26.8. The Morgan fingerprint density at radius 2 is 1.18 bits per heavy atom. The van der Waals surface area contributed by atoms with Gasteiger partial charge in [-0.15, -0.1) is 0 Å². The predicted molar refractivity (Wildman–Crippen MR) is 214 cm³/mol. The molecule has 1 unspecified atom stereocenters. The molecule has 14 nitrogen and oxygen atoms in total. The number of hydrogen-bond donors (Lipinski definition) is 1. The van der Waals surface area contributed by atoms with Crippen LogP contribution in [0.5, 0.6) is 17.2 Å². The van der Waals surface area contributed by atoms with E-state index in [1.807, 2.05) is 21.1 Å². The number of nitrogens with zero attached hydrogens (tertiary/aromatic N) is 1. The Morgan fingerprint density at radius 3 is 1.62 bits per heavy atom. The number of methoxy groups -OCH3 is 2. The van der Waals surface area contributed by atoms with Gasteiger partial charge in [-0.3, -0.25) is 18.6 Å². The number of phosphoric ester groups is 1. The molecular formula is C41H73NO13P+. The van der Waals surface area contributed by atoms with E-state index < -0.39 is 19.5 Å². The second-order valence-corrected chi connectivity index (χ2v) is 17.2. The fourth-order valence-corrected chi connectivity index (χ4v) is 6.74. The molecule has 15 heteroatoms. The number of benzene rings is 1. The summed E-state index contributed by atoms with van der Waals surface area (Å²) in [5.41, 5.74) is -0.433. The summed E-state index contributed by atoms with van der Waals surface area (Å²) < 4.78 is 64.1. The summed E-state index contributed by atoms with van der Waals surface area (Å²) in [5, 5.41) is 0. The fraction of sp³-hybridized carbons (Fsp3) is 0.805. The van der Waals surface area contributed by atoms with E-state index in [1.165, 1.54) is 65.6 Å². The highest BCUT2D eigenvalue weighted by Crippen LogP contribution is 2.44. The lowest BCUT2D eigenvalue weighted by atomic mass is 9.91. The van der Waals surface area contributed by atoms with Gasteiger partial charge in [0.1, 0.15) is 50.2 Å². The van der Waals surface area contributed by atoms with Crippen LogP contribution in [0, 0.1) is 5.41 Å². The molecule has 0 saturated carbocycles. The number of carbonyl (C=O) groups excluding carboxylic acids is 2. The molecule has 1 atom stereocenters. The van der Waals surface area contributed by atoms with Crippen LogP contribution >= 0.6 is 7.82 Å². The number of hydrogen-bond acceptors (Lipinski definition) is 12. The molecule has 1 N–H and O–H groups in total. The molecule has 1 aliphatic rings. The Hall–Kier alpha value is -2.45. The van der Waals surface area contributed by atoms with Gasteiger partial charge in [-0.2, -0.15) is 0 Å². The standard InChI is InChI=1S/C41H72NO13P/c1-8-10-12-14-16-18-20-22-37(43)50-30-41(31-51-38(44)23-21-19-17-15-13-11-9-2)32-52-40(53-33-41)39-35(47-6)28-34(29-36(39)48-7)49-26-27-55-56(45,46)54-25-24-42(3,4)5/h28-29,40H,8-27,30-33H2,1-7H3/p+1. The Morgan fingerprint density at radius 1 is 0.732 bits per heavy atom. The maximum atomic E-state index is 12.8. The minimum atomic E-state index is -4.24. The average molecular weight is 819 g/mol. The van der Waals surface area contributed by atoms with Crippen molar-refractivity contribution in [2.75, 3.05) is 88.2 Å². The molecule has 1 fully saturated rings.